The monoisotopic (exact) mass is 425 g/mol. The second kappa shape index (κ2) is 7.43. The summed E-state index contributed by atoms with van der Waals surface area (Å²) in [6, 6.07) is 5.12. The number of nitrogens with one attached hydrogen (secondary N) is 1. The second-order valence-corrected chi connectivity index (χ2v) is 7.01. The van der Waals surface area contributed by atoms with Crippen LogP contribution in [0.15, 0.2) is 41.6 Å². The zero-order valence-electron chi connectivity index (χ0n) is 16.2. The van der Waals surface area contributed by atoms with Gasteiger partial charge in [-0.05, 0) is 12.1 Å². The normalized spacial score (nSPS) is 14.3. The summed E-state index contributed by atoms with van der Waals surface area (Å²) in [6.45, 7) is 2.50. The molecular formula is C20H17F2N7O2. The summed E-state index contributed by atoms with van der Waals surface area (Å²) in [6.07, 6.45) is 2.72. The minimum atomic E-state index is -0.883. The van der Waals surface area contributed by atoms with Crippen LogP contribution in [-0.2, 0) is 4.74 Å². The number of benzene rings is 1. The minimum absolute atomic E-state index is 0.0201. The number of anilines is 2. The number of aromatic nitrogens is 5. The van der Waals surface area contributed by atoms with Crippen molar-refractivity contribution < 1.29 is 13.5 Å². The second-order valence-electron chi connectivity index (χ2n) is 7.01. The maximum absolute atomic E-state index is 14.5. The first-order valence-corrected chi connectivity index (χ1v) is 9.53. The summed E-state index contributed by atoms with van der Waals surface area (Å²) in [7, 11) is 0. The van der Waals surface area contributed by atoms with E-state index < -0.39 is 22.9 Å². The summed E-state index contributed by atoms with van der Waals surface area (Å²) in [5.41, 5.74) is 5.86. The van der Waals surface area contributed by atoms with E-state index in [-0.39, 0.29) is 11.2 Å². The molecule has 0 saturated carbocycles. The van der Waals surface area contributed by atoms with Gasteiger partial charge in [-0.3, -0.25) is 14.5 Å². The summed E-state index contributed by atoms with van der Waals surface area (Å²) < 4.78 is 35.2. The number of fused-ring (bicyclic) bond motifs is 1. The highest BCUT2D eigenvalue weighted by atomic mass is 19.1. The van der Waals surface area contributed by atoms with Crippen molar-refractivity contribution >= 4 is 22.5 Å². The van der Waals surface area contributed by atoms with Crippen LogP contribution in [0.3, 0.4) is 0 Å². The molecule has 5 rings (SSSR count). The number of aromatic amines is 1. The van der Waals surface area contributed by atoms with Crippen LogP contribution in [0, 0.1) is 11.6 Å². The smallest absolute Gasteiger partial charge is 0.268 e. The van der Waals surface area contributed by atoms with Gasteiger partial charge in [0.1, 0.15) is 34.9 Å². The van der Waals surface area contributed by atoms with Gasteiger partial charge in [-0.15, -0.1) is 0 Å². The van der Waals surface area contributed by atoms with Crippen molar-refractivity contribution in [3.63, 3.8) is 0 Å². The Labute approximate surface area is 174 Å². The number of hydrogen-bond acceptors (Lipinski definition) is 7. The van der Waals surface area contributed by atoms with E-state index in [1.165, 1.54) is 18.6 Å². The van der Waals surface area contributed by atoms with Crippen LogP contribution in [-0.4, -0.2) is 51.0 Å². The van der Waals surface area contributed by atoms with Crippen molar-refractivity contribution in [3.8, 4) is 16.9 Å². The number of ether oxygens (including phenoxy) is 1. The van der Waals surface area contributed by atoms with E-state index in [0.29, 0.717) is 48.9 Å². The number of nitrogen functional groups attached to an aromatic ring is 1. The average Bonchev–Trinajstić information content (AvgIpc) is 3.18. The largest absolute Gasteiger partial charge is 0.382 e. The third-order valence-corrected chi connectivity index (χ3v) is 5.20. The Morgan fingerprint density at radius 1 is 1.13 bits per heavy atom. The molecule has 1 aromatic carbocycles. The molecule has 0 bridgehead atoms. The van der Waals surface area contributed by atoms with Crippen molar-refractivity contribution in [1.29, 1.82) is 0 Å². The van der Waals surface area contributed by atoms with E-state index in [1.807, 2.05) is 4.90 Å². The van der Waals surface area contributed by atoms with Crippen molar-refractivity contribution in [2.75, 3.05) is 36.9 Å². The van der Waals surface area contributed by atoms with Gasteiger partial charge in [0.15, 0.2) is 5.82 Å². The molecule has 158 valence electrons. The quantitative estimate of drug-likeness (QED) is 0.515. The lowest BCUT2D eigenvalue weighted by Crippen LogP contribution is -2.36. The fraction of sp³-hybridized carbons (Fsp3) is 0.200. The summed E-state index contributed by atoms with van der Waals surface area (Å²) in [4.78, 5) is 23.7. The Morgan fingerprint density at radius 2 is 1.87 bits per heavy atom. The van der Waals surface area contributed by atoms with Gasteiger partial charge < -0.3 is 15.4 Å². The standard InChI is InChI=1S/C20H17F2N7O2/c21-12-2-1-3-13(22)18(12)29-9-11(17-16(20(29)30)19(23)27-26-17)14-8-15(25-10-24-14)28-4-6-31-7-5-28/h1-3,8-10H,4-7H2,(H3,23,26,27). The van der Waals surface area contributed by atoms with Gasteiger partial charge in [0.2, 0.25) is 0 Å². The van der Waals surface area contributed by atoms with Gasteiger partial charge in [0, 0.05) is 30.9 Å². The molecule has 31 heavy (non-hydrogen) atoms. The van der Waals surface area contributed by atoms with Crippen LogP contribution in [0.25, 0.3) is 27.8 Å². The van der Waals surface area contributed by atoms with Crippen LogP contribution in [0.1, 0.15) is 0 Å². The van der Waals surface area contributed by atoms with Crippen LogP contribution in [0.2, 0.25) is 0 Å². The van der Waals surface area contributed by atoms with Crippen LogP contribution in [0.4, 0.5) is 20.4 Å². The average molecular weight is 425 g/mol. The van der Waals surface area contributed by atoms with E-state index in [0.717, 1.165) is 16.7 Å². The minimum Gasteiger partial charge on any atom is -0.382 e. The molecule has 4 aromatic rings. The SMILES string of the molecule is Nc1n[nH]c2c(-c3cc(N4CCOCC4)ncn3)cn(-c3c(F)cccc3F)c(=O)c12. The van der Waals surface area contributed by atoms with Crippen LogP contribution in [0.5, 0.6) is 0 Å². The molecule has 0 atom stereocenters. The molecule has 4 heterocycles. The molecule has 0 amide bonds. The molecule has 3 aromatic heterocycles. The fourth-order valence-electron chi connectivity index (χ4n) is 3.68. The third kappa shape index (κ3) is 3.19. The highest BCUT2D eigenvalue weighted by Crippen LogP contribution is 2.29. The summed E-state index contributed by atoms with van der Waals surface area (Å²) >= 11 is 0. The van der Waals surface area contributed by atoms with Crippen LogP contribution < -0.4 is 16.2 Å². The molecule has 1 aliphatic heterocycles. The van der Waals surface area contributed by atoms with Gasteiger partial charge in [0.05, 0.1) is 24.4 Å². The maximum Gasteiger partial charge on any atom is 0.268 e. The first kappa shape index (κ1) is 19.1. The van der Waals surface area contributed by atoms with Gasteiger partial charge in [-0.25, -0.2) is 18.7 Å². The Hall–Kier alpha value is -3.86. The lowest BCUT2D eigenvalue weighted by Gasteiger charge is -2.27. The van der Waals surface area contributed by atoms with Crippen molar-refractivity contribution in [3.05, 3.63) is 58.8 Å². The van der Waals surface area contributed by atoms with E-state index >= 15 is 0 Å². The number of H-pyrrole nitrogens is 1. The van der Waals surface area contributed by atoms with Gasteiger partial charge in [0.25, 0.3) is 5.56 Å². The molecular weight excluding hydrogens is 408 g/mol. The zero-order chi connectivity index (χ0) is 21.5. The summed E-state index contributed by atoms with van der Waals surface area (Å²) in [5.74, 6) is -1.17. The third-order valence-electron chi connectivity index (χ3n) is 5.20. The molecule has 0 spiro atoms. The molecule has 3 N–H and O–H groups in total. The van der Waals surface area contributed by atoms with Gasteiger partial charge >= 0.3 is 0 Å². The van der Waals surface area contributed by atoms with Crippen molar-refractivity contribution in [2.24, 2.45) is 0 Å². The van der Waals surface area contributed by atoms with E-state index in [9.17, 15) is 13.6 Å². The topological polar surface area (TPSA) is 115 Å². The maximum atomic E-state index is 14.5. The number of para-hydroxylation sites is 1. The van der Waals surface area contributed by atoms with Crippen LogP contribution >= 0.6 is 0 Å². The molecule has 0 unspecified atom stereocenters. The predicted molar refractivity (Wildman–Crippen MR) is 110 cm³/mol. The Kier molecular flexibility index (Phi) is 4.59. The van der Waals surface area contributed by atoms with E-state index in [2.05, 4.69) is 20.2 Å². The molecule has 0 radical (unpaired) electrons. The highest BCUT2D eigenvalue weighted by Gasteiger charge is 2.22. The number of nitrogens with zero attached hydrogens (tertiary/aromatic N) is 5. The van der Waals surface area contributed by atoms with Gasteiger partial charge in [-0.1, -0.05) is 6.07 Å². The Balaban J connectivity index is 1.75. The zero-order valence-corrected chi connectivity index (χ0v) is 16.2. The number of rotatable bonds is 3. The summed E-state index contributed by atoms with van der Waals surface area (Å²) in [5, 5.41) is 6.67. The number of hydrogen-bond donors (Lipinski definition) is 2. The number of halogens is 2. The molecule has 0 aliphatic carbocycles. The van der Waals surface area contributed by atoms with E-state index in [4.69, 9.17) is 10.5 Å². The molecule has 1 saturated heterocycles. The lowest BCUT2D eigenvalue weighted by atomic mass is 10.1. The number of morpholine rings is 1. The molecule has 9 nitrogen and oxygen atoms in total. The van der Waals surface area contributed by atoms with Gasteiger partial charge in [-0.2, -0.15) is 5.10 Å². The van der Waals surface area contributed by atoms with Crippen molar-refractivity contribution in [1.82, 2.24) is 24.7 Å². The Morgan fingerprint density at radius 3 is 2.61 bits per heavy atom. The molecule has 1 aliphatic rings. The molecule has 11 heteroatoms. The lowest BCUT2D eigenvalue weighted by molar-refractivity contribution is 0.122. The number of nitrogens with two attached hydrogens (primary N) is 1. The van der Waals surface area contributed by atoms with Crippen molar-refractivity contribution in [2.45, 2.75) is 0 Å². The van der Waals surface area contributed by atoms with E-state index in [1.54, 1.807) is 6.07 Å². The Bertz CT molecular complexity index is 1330. The number of pyridine rings is 1. The fourth-order valence-corrected chi connectivity index (χ4v) is 3.68. The predicted octanol–water partition coefficient (Wildman–Crippen LogP) is 1.87. The highest BCUT2D eigenvalue weighted by molar-refractivity contribution is 5.97. The molecule has 1 fully saturated rings. The first-order valence-electron chi connectivity index (χ1n) is 9.53. The first-order chi connectivity index (χ1) is 15.0.